The number of halogens is 1. The molecule has 3 saturated carbocycles. The van der Waals surface area contributed by atoms with Crippen LogP contribution in [0, 0.1) is 28.6 Å². The SMILES string of the molecule is C[C@]12CC[C@H]3[C@@H](CC=C4CCCC(O)(O)[C@@]43C)[C@@H]1C[C@@H](Br)C2. The van der Waals surface area contributed by atoms with Gasteiger partial charge in [-0.15, -0.1) is 0 Å². The summed E-state index contributed by atoms with van der Waals surface area (Å²) < 4.78 is 0. The van der Waals surface area contributed by atoms with Crippen LogP contribution in [0.2, 0.25) is 0 Å². The molecule has 4 aliphatic rings. The molecule has 0 aromatic heterocycles. The molecule has 2 N–H and O–H groups in total. The van der Waals surface area contributed by atoms with Crippen molar-refractivity contribution in [2.75, 3.05) is 0 Å². The number of hydrogen-bond acceptors (Lipinski definition) is 2. The Hall–Kier alpha value is 0.140. The van der Waals surface area contributed by atoms with E-state index in [-0.39, 0.29) is 0 Å². The van der Waals surface area contributed by atoms with Crippen molar-refractivity contribution in [3.8, 4) is 0 Å². The average molecular weight is 369 g/mol. The summed E-state index contributed by atoms with van der Waals surface area (Å²) in [6.45, 7) is 4.63. The molecule has 0 bridgehead atoms. The summed E-state index contributed by atoms with van der Waals surface area (Å²) in [5.74, 6) is 0.300. The summed E-state index contributed by atoms with van der Waals surface area (Å²) in [5.41, 5.74) is 1.38. The molecule has 0 aromatic rings. The van der Waals surface area contributed by atoms with Crippen molar-refractivity contribution in [1.82, 2.24) is 0 Å². The second-order valence-corrected chi connectivity index (χ2v) is 10.2. The molecular weight excluding hydrogens is 340 g/mol. The van der Waals surface area contributed by atoms with Crippen molar-refractivity contribution in [2.45, 2.75) is 75.8 Å². The molecule has 22 heavy (non-hydrogen) atoms. The fourth-order valence-corrected chi connectivity index (χ4v) is 7.88. The lowest BCUT2D eigenvalue weighted by atomic mass is 9.47. The van der Waals surface area contributed by atoms with E-state index < -0.39 is 11.2 Å². The number of hydrogen-bond donors (Lipinski definition) is 2. The molecule has 0 aromatic carbocycles. The van der Waals surface area contributed by atoms with E-state index in [9.17, 15) is 10.2 Å². The van der Waals surface area contributed by atoms with Crippen LogP contribution in [0.5, 0.6) is 0 Å². The molecule has 0 heterocycles. The lowest BCUT2D eigenvalue weighted by Crippen LogP contribution is -2.59. The Morgan fingerprint density at radius 3 is 2.73 bits per heavy atom. The minimum Gasteiger partial charge on any atom is -0.365 e. The summed E-state index contributed by atoms with van der Waals surface area (Å²) in [7, 11) is 0. The zero-order valence-corrected chi connectivity index (χ0v) is 15.4. The van der Waals surface area contributed by atoms with E-state index in [1.54, 1.807) is 0 Å². The van der Waals surface area contributed by atoms with Crippen LogP contribution in [-0.2, 0) is 0 Å². The van der Waals surface area contributed by atoms with Gasteiger partial charge < -0.3 is 10.2 Å². The van der Waals surface area contributed by atoms with Gasteiger partial charge in [0, 0.05) is 16.7 Å². The van der Waals surface area contributed by atoms with Crippen molar-refractivity contribution >= 4 is 15.9 Å². The van der Waals surface area contributed by atoms with Gasteiger partial charge in [-0.1, -0.05) is 41.4 Å². The van der Waals surface area contributed by atoms with Gasteiger partial charge in [-0.05, 0) is 68.1 Å². The highest BCUT2D eigenvalue weighted by Gasteiger charge is 2.62. The smallest absolute Gasteiger partial charge is 0.172 e. The number of allylic oxidation sites excluding steroid dienone is 1. The number of fused-ring (bicyclic) bond motifs is 5. The topological polar surface area (TPSA) is 40.5 Å². The Bertz CT molecular complexity index is 514. The van der Waals surface area contributed by atoms with Crippen LogP contribution in [0.3, 0.4) is 0 Å². The first kappa shape index (κ1) is 15.7. The normalized spacial score (nSPS) is 53.2. The van der Waals surface area contributed by atoms with Crippen LogP contribution in [-0.4, -0.2) is 20.8 Å². The second kappa shape index (κ2) is 4.83. The minimum absolute atomic E-state index is 0.417. The summed E-state index contributed by atoms with van der Waals surface area (Å²) in [6, 6.07) is 0. The third kappa shape index (κ3) is 1.91. The monoisotopic (exact) mass is 368 g/mol. The maximum Gasteiger partial charge on any atom is 0.172 e. The van der Waals surface area contributed by atoms with Crippen molar-refractivity contribution < 1.29 is 10.2 Å². The molecule has 0 radical (unpaired) electrons. The van der Waals surface area contributed by atoms with E-state index in [4.69, 9.17) is 0 Å². The van der Waals surface area contributed by atoms with Gasteiger partial charge in [0.15, 0.2) is 5.79 Å². The fraction of sp³-hybridized carbons (Fsp3) is 0.895. The largest absolute Gasteiger partial charge is 0.365 e. The van der Waals surface area contributed by atoms with Gasteiger partial charge >= 0.3 is 0 Å². The van der Waals surface area contributed by atoms with E-state index in [1.165, 1.54) is 24.8 Å². The van der Waals surface area contributed by atoms with Crippen molar-refractivity contribution in [1.29, 1.82) is 0 Å². The number of alkyl halides is 1. The minimum atomic E-state index is -1.51. The summed E-state index contributed by atoms with van der Waals surface area (Å²) in [4.78, 5) is 0.652. The van der Waals surface area contributed by atoms with Gasteiger partial charge in [0.2, 0.25) is 0 Å². The van der Waals surface area contributed by atoms with Gasteiger partial charge in [0.05, 0.1) is 0 Å². The molecule has 3 fully saturated rings. The quantitative estimate of drug-likeness (QED) is 0.378. The first-order valence-corrected chi connectivity index (χ1v) is 9.98. The molecule has 6 atom stereocenters. The number of aliphatic hydroxyl groups is 2. The van der Waals surface area contributed by atoms with E-state index >= 15 is 0 Å². The van der Waals surface area contributed by atoms with Crippen LogP contribution in [0.25, 0.3) is 0 Å². The van der Waals surface area contributed by atoms with Crippen LogP contribution < -0.4 is 0 Å². The highest BCUT2D eigenvalue weighted by Crippen LogP contribution is 2.66. The zero-order valence-electron chi connectivity index (χ0n) is 13.8. The highest BCUT2D eigenvalue weighted by molar-refractivity contribution is 9.09. The molecule has 2 nitrogen and oxygen atoms in total. The molecular formula is C19H29BrO2. The number of rotatable bonds is 0. The third-order valence-corrected chi connectivity index (χ3v) is 8.70. The molecule has 4 aliphatic carbocycles. The summed E-state index contributed by atoms with van der Waals surface area (Å²) >= 11 is 3.87. The van der Waals surface area contributed by atoms with Crippen molar-refractivity contribution in [2.24, 2.45) is 28.6 Å². The Balaban J connectivity index is 1.75. The fourth-order valence-electron chi connectivity index (χ4n) is 6.73. The Morgan fingerprint density at radius 1 is 1.18 bits per heavy atom. The van der Waals surface area contributed by atoms with E-state index in [1.807, 2.05) is 0 Å². The molecule has 0 spiro atoms. The van der Waals surface area contributed by atoms with Gasteiger partial charge in [0.1, 0.15) is 0 Å². The van der Waals surface area contributed by atoms with E-state index in [2.05, 4.69) is 35.9 Å². The van der Waals surface area contributed by atoms with E-state index in [0.29, 0.717) is 28.5 Å². The molecule has 4 rings (SSSR count). The Labute approximate surface area is 142 Å². The third-order valence-electron chi connectivity index (χ3n) is 8.00. The zero-order chi connectivity index (χ0) is 15.8. The molecule has 0 amide bonds. The average Bonchev–Trinajstić information content (AvgIpc) is 2.74. The van der Waals surface area contributed by atoms with Crippen LogP contribution in [0.1, 0.15) is 65.2 Å². The van der Waals surface area contributed by atoms with Crippen molar-refractivity contribution in [3.05, 3.63) is 11.6 Å². The molecule has 124 valence electrons. The van der Waals surface area contributed by atoms with Gasteiger partial charge in [-0.25, -0.2) is 0 Å². The molecule has 0 aliphatic heterocycles. The van der Waals surface area contributed by atoms with E-state index in [0.717, 1.165) is 31.6 Å². The Morgan fingerprint density at radius 2 is 1.95 bits per heavy atom. The van der Waals surface area contributed by atoms with Crippen molar-refractivity contribution in [3.63, 3.8) is 0 Å². The summed E-state index contributed by atoms with van der Waals surface area (Å²) in [6.07, 6.45) is 11.0. The van der Waals surface area contributed by atoms with Crippen LogP contribution in [0.15, 0.2) is 11.6 Å². The predicted octanol–water partition coefficient (Wildman–Crippen LogP) is 4.39. The van der Waals surface area contributed by atoms with Gasteiger partial charge in [0.25, 0.3) is 0 Å². The lowest BCUT2D eigenvalue weighted by Gasteiger charge is -2.60. The van der Waals surface area contributed by atoms with Crippen LogP contribution in [0.4, 0.5) is 0 Å². The molecule has 0 unspecified atom stereocenters. The maximum atomic E-state index is 10.8. The highest BCUT2D eigenvalue weighted by atomic mass is 79.9. The first-order chi connectivity index (χ1) is 10.3. The lowest BCUT2D eigenvalue weighted by molar-refractivity contribution is -0.268. The Kier molecular flexibility index (Phi) is 3.44. The molecule has 3 heteroatoms. The van der Waals surface area contributed by atoms with Gasteiger partial charge in [-0.2, -0.15) is 0 Å². The predicted molar refractivity (Wildman–Crippen MR) is 91.6 cm³/mol. The maximum absolute atomic E-state index is 10.8. The van der Waals surface area contributed by atoms with Gasteiger partial charge in [-0.3, -0.25) is 0 Å². The first-order valence-electron chi connectivity index (χ1n) is 9.06. The van der Waals surface area contributed by atoms with Crippen LogP contribution >= 0.6 is 15.9 Å². The molecule has 0 saturated heterocycles. The second-order valence-electron chi connectivity index (χ2n) is 8.94. The standard InChI is InChI=1S/C19H29BrO2/c1-17-9-7-15-14(16(17)10-13(20)11-17)6-5-12-4-3-8-19(21,22)18(12,15)2/h5,13-16,21-22H,3-4,6-11H2,1-2H3/t13-,14-,15+,16+,17-,18+/m1/s1. The summed E-state index contributed by atoms with van der Waals surface area (Å²) in [5, 5.41) is 21.7.